The minimum Gasteiger partial charge on any atom is -0.506 e. The number of aromatic hydroxyl groups is 1. The predicted molar refractivity (Wildman–Crippen MR) is 146 cm³/mol. The molecule has 6 heteroatoms. The van der Waals surface area contributed by atoms with E-state index in [-0.39, 0.29) is 26.8 Å². The van der Waals surface area contributed by atoms with Crippen LogP contribution in [0.5, 0.6) is 17.4 Å². The largest absolute Gasteiger partial charge is 0.506 e. The molecule has 1 N–H and O–H groups in total. The van der Waals surface area contributed by atoms with Crippen LogP contribution in [0.1, 0.15) is 0 Å². The zero-order valence-corrected chi connectivity index (χ0v) is 22.3. The number of pyridine rings is 2. The number of phenols is 1. The molecule has 0 atom stereocenters. The Hall–Kier alpha value is -4.47. The van der Waals surface area contributed by atoms with Gasteiger partial charge in [0.15, 0.2) is 0 Å². The summed E-state index contributed by atoms with van der Waals surface area (Å²) >= 11 is 0. The maximum Gasteiger partial charge on any atom is 0.217 e. The molecule has 0 fully saturated rings. The van der Waals surface area contributed by atoms with Crippen molar-refractivity contribution >= 4 is 32.7 Å². The first-order valence-corrected chi connectivity index (χ1v) is 12.0. The molecule has 4 aromatic carbocycles. The summed E-state index contributed by atoms with van der Waals surface area (Å²) in [5.41, 5.74) is 4.36. The third-order valence-electron chi connectivity index (χ3n) is 6.48. The summed E-state index contributed by atoms with van der Waals surface area (Å²) in [6.07, 6.45) is 0. The van der Waals surface area contributed by atoms with Crippen molar-refractivity contribution in [2.75, 3.05) is 0 Å². The Morgan fingerprint density at radius 3 is 2.39 bits per heavy atom. The SMILES string of the molecule is Oc1cccc2ccc(Oc3[c-]c4c(cc3)c3ccccc3n4-c3cccc(-c4ccccc4)n3)nc12.[Pt]. The number of rotatable bonds is 4. The van der Waals surface area contributed by atoms with Crippen LogP contribution < -0.4 is 4.74 Å². The molecule has 5 nitrogen and oxygen atoms in total. The Balaban J connectivity index is 0.00000264. The zero-order valence-electron chi connectivity index (χ0n) is 20.0. The van der Waals surface area contributed by atoms with Crippen molar-refractivity contribution in [1.29, 1.82) is 0 Å². The van der Waals surface area contributed by atoms with E-state index in [0.29, 0.717) is 17.1 Å². The average Bonchev–Trinajstić information content (AvgIpc) is 3.28. The van der Waals surface area contributed by atoms with Crippen LogP contribution in [0.15, 0.2) is 115 Å². The number of ether oxygens (including phenoxy) is 1. The fraction of sp³-hybridized carbons (Fsp3) is 0. The summed E-state index contributed by atoms with van der Waals surface area (Å²) in [7, 11) is 0. The average molecular weight is 674 g/mol. The van der Waals surface area contributed by atoms with Gasteiger partial charge in [-0.3, -0.25) is 0 Å². The standard InChI is InChI=1S/C32H20N3O2.Pt/c36-29-14-6-10-22-16-19-31(34-32(22)29)37-23-17-18-25-24-11-4-5-13-27(24)35(28(25)20-23)30-15-7-12-26(33-30)21-8-2-1-3-9-21;/h1-19,36H;/q-1;. The number of fused-ring (bicyclic) bond motifs is 4. The normalized spacial score (nSPS) is 11.1. The number of hydrogen-bond donors (Lipinski definition) is 1. The molecular weight excluding hydrogens is 653 g/mol. The first-order valence-electron chi connectivity index (χ1n) is 12.0. The van der Waals surface area contributed by atoms with E-state index in [4.69, 9.17) is 9.72 Å². The van der Waals surface area contributed by atoms with Crippen molar-refractivity contribution in [2.45, 2.75) is 0 Å². The molecule has 0 saturated heterocycles. The molecule has 7 rings (SSSR count). The molecule has 7 aromatic rings. The molecule has 3 heterocycles. The van der Waals surface area contributed by atoms with E-state index in [1.807, 2.05) is 72.8 Å². The van der Waals surface area contributed by atoms with Gasteiger partial charge >= 0.3 is 0 Å². The van der Waals surface area contributed by atoms with E-state index < -0.39 is 0 Å². The Bertz CT molecular complexity index is 1930. The number of hydrogen-bond acceptors (Lipinski definition) is 4. The summed E-state index contributed by atoms with van der Waals surface area (Å²) in [6, 6.07) is 40.8. The Morgan fingerprint density at radius 1 is 0.684 bits per heavy atom. The zero-order chi connectivity index (χ0) is 24.8. The van der Waals surface area contributed by atoms with Crippen molar-refractivity contribution in [3.05, 3.63) is 121 Å². The Kier molecular flexibility index (Phi) is 6.14. The van der Waals surface area contributed by atoms with Gasteiger partial charge in [-0.25, -0.2) is 9.97 Å². The molecule has 186 valence electrons. The number of nitrogens with zero attached hydrogens (tertiary/aromatic N) is 3. The van der Waals surface area contributed by atoms with Crippen LogP contribution >= 0.6 is 0 Å². The fourth-order valence-corrected chi connectivity index (χ4v) is 4.77. The van der Waals surface area contributed by atoms with E-state index in [0.717, 1.165) is 44.3 Å². The maximum atomic E-state index is 10.2. The van der Waals surface area contributed by atoms with Gasteiger partial charge in [0.2, 0.25) is 5.88 Å². The van der Waals surface area contributed by atoms with Crippen molar-refractivity contribution in [2.24, 2.45) is 0 Å². The second kappa shape index (κ2) is 9.77. The minimum absolute atomic E-state index is 0. The first kappa shape index (κ1) is 23.9. The van der Waals surface area contributed by atoms with Crippen molar-refractivity contribution < 1.29 is 30.9 Å². The van der Waals surface area contributed by atoms with E-state index in [1.165, 1.54) is 0 Å². The molecular formula is C32H20N3O2Pt-. The van der Waals surface area contributed by atoms with Crippen LogP contribution in [-0.2, 0) is 21.1 Å². The Morgan fingerprint density at radius 2 is 1.50 bits per heavy atom. The molecule has 0 bridgehead atoms. The molecule has 0 aliphatic heterocycles. The van der Waals surface area contributed by atoms with Crippen molar-refractivity contribution in [1.82, 2.24) is 14.5 Å². The molecule has 0 amide bonds. The van der Waals surface area contributed by atoms with E-state index >= 15 is 0 Å². The molecule has 0 aliphatic carbocycles. The van der Waals surface area contributed by atoms with Crippen LogP contribution in [0.4, 0.5) is 0 Å². The van der Waals surface area contributed by atoms with Gasteiger partial charge in [-0.05, 0) is 35.7 Å². The van der Waals surface area contributed by atoms with Crippen molar-refractivity contribution in [3.8, 4) is 34.5 Å². The first-order chi connectivity index (χ1) is 18.2. The molecule has 0 saturated carbocycles. The van der Waals surface area contributed by atoms with E-state index in [9.17, 15) is 5.11 Å². The molecule has 0 unspecified atom stereocenters. The molecule has 0 radical (unpaired) electrons. The topological polar surface area (TPSA) is 60.2 Å². The second-order valence-electron chi connectivity index (χ2n) is 8.78. The van der Waals surface area contributed by atoms with Crippen LogP contribution in [0.25, 0.3) is 49.8 Å². The summed E-state index contributed by atoms with van der Waals surface area (Å²) in [5, 5.41) is 13.2. The summed E-state index contributed by atoms with van der Waals surface area (Å²) < 4.78 is 8.23. The van der Waals surface area contributed by atoms with E-state index in [2.05, 4.69) is 39.9 Å². The van der Waals surface area contributed by atoms with Gasteiger partial charge in [0, 0.05) is 49.3 Å². The van der Waals surface area contributed by atoms with Crippen LogP contribution in [-0.4, -0.2) is 19.6 Å². The molecule has 38 heavy (non-hydrogen) atoms. The second-order valence-corrected chi connectivity index (χ2v) is 8.78. The molecule has 0 spiro atoms. The van der Waals surface area contributed by atoms with Crippen LogP contribution in [0.3, 0.4) is 0 Å². The van der Waals surface area contributed by atoms with Gasteiger partial charge in [0.1, 0.15) is 17.1 Å². The summed E-state index contributed by atoms with van der Waals surface area (Å²) in [4.78, 5) is 9.51. The van der Waals surface area contributed by atoms with Crippen LogP contribution in [0, 0.1) is 6.07 Å². The quantitative estimate of drug-likeness (QED) is 0.195. The number of benzene rings is 4. The van der Waals surface area contributed by atoms with Gasteiger partial charge in [-0.15, -0.1) is 17.5 Å². The minimum atomic E-state index is 0. The third-order valence-corrected chi connectivity index (χ3v) is 6.48. The monoisotopic (exact) mass is 673 g/mol. The summed E-state index contributed by atoms with van der Waals surface area (Å²) in [6.45, 7) is 0. The smallest absolute Gasteiger partial charge is 0.217 e. The maximum absolute atomic E-state index is 10.2. The Labute approximate surface area is 233 Å². The molecule has 3 aromatic heterocycles. The van der Waals surface area contributed by atoms with Crippen molar-refractivity contribution in [3.63, 3.8) is 0 Å². The predicted octanol–water partition coefficient (Wildman–Crippen LogP) is 7.69. The van der Waals surface area contributed by atoms with Gasteiger partial charge < -0.3 is 14.4 Å². The van der Waals surface area contributed by atoms with Gasteiger partial charge in [-0.2, -0.15) is 6.07 Å². The van der Waals surface area contributed by atoms with Gasteiger partial charge in [-0.1, -0.05) is 72.2 Å². The number of phenolic OH excluding ortho intramolecular Hbond substituents is 1. The van der Waals surface area contributed by atoms with E-state index in [1.54, 1.807) is 18.2 Å². The third kappa shape index (κ3) is 4.11. The number of aromatic nitrogens is 3. The number of para-hydroxylation sites is 2. The summed E-state index contributed by atoms with van der Waals surface area (Å²) in [5.74, 6) is 1.83. The fourth-order valence-electron chi connectivity index (χ4n) is 4.77. The van der Waals surface area contributed by atoms with Crippen LogP contribution in [0.2, 0.25) is 0 Å². The molecule has 0 aliphatic rings. The van der Waals surface area contributed by atoms with Gasteiger partial charge in [0.25, 0.3) is 0 Å². The van der Waals surface area contributed by atoms with Gasteiger partial charge in [0.05, 0.1) is 5.69 Å².